The number of ether oxygens (including phenoxy) is 1. The minimum absolute atomic E-state index is 0.903. The van der Waals surface area contributed by atoms with Crippen LogP contribution < -0.4 is 4.74 Å². The van der Waals surface area contributed by atoms with Gasteiger partial charge in [0.2, 0.25) is 0 Å². The lowest BCUT2D eigenvalue weighted by atomic mass is 10.2. The summed E-state index contributed by atoms with van der Waals surface area (Å²) in [7, 11) is 1.67. The smallest absolute Gasteiger partial charge is 0.119 e. The molecule has 0 fully saturated rings. The number of benzene rings is 1. The number of aryl methyl sites for hydroxylation is 1. The summed E-state index contributed by atoms with van der Waals surface area (Å²) in [5, 5.41) is 0. The van der Waals surface area contributed by atoms with Gasteiger partial charge in [-0.1, -0.05) is 43.6 Å². The Labute approximate surface area is 96.6 Å². The average molecular weight is 261 g/mol. The van der Waals surface area contributed by atoms with E-state index in [2.05, 4.69) is 15.9 Å². The maximum Gasteiger partial charge on any atom is 0.119 e. The second kappa shape index (κ2) is 10.6. The molecule has 0 aliphatic carbocycles. The number of methoxy groups -OCH3 is 1. The number of hydrogen-bond donors (Lipinski definition) is 0. The van der Waals surface area contributed by atoms with Gasteiger partial charge in [0, 0.05) is 4.47 Å². The fourth-order valence-corrected chi connectivity index (χ4v) is 0.991. The van der Waals surface area contributed by atoms with Crippen LogP contribution in [0.2, 0.25) is 0 Å². The third kappa shape index (κ3) is 6.03. The maximum absolute atomic E-state index is 5.03. The molecule has 1 rings (SSSR count). The van der Waals surface area contributed by atoms with Gasteiger partial charge in [0.1, 0.15) is 5.75 Å². The first-order valence-electron chi connectivity index (χ1n) is 5.04. The molecule has 0 N–H and O–H groups in total. The van der Waals surface area contributed by atoms with Crippen LogP contribution >= 0.6 is 15.9 Å². The summed E-state index contributed by atoms with van der Waals surface area (Å²) in [5.74, 6) is 0.903. The zero-order valence-corrected chi connectivity index (χ0v) is 11.6. The lowest BCUT2D eigenvalue weighted by Gasteiger charge is -2.01. The molecule has 0 radical (unpaired) electrons. The van der Waals surface area contributed by atoms with Crippen LogP contribution in [0.5, 0.6) is 5.75 Å². The highest BCUT2D eigenvalue weighted by molar-refractivity contribution is 9.10. The van der Waals surface area contributed by atoms with Gasteiger partial charge in [-0.15, -0.1) is 0 Å². The van der Waals surface area contributed by atoms with E-state index in [1.54, 1.807) is 7.11 Å². The van der Waals surface area contributed by atoms with Crippen LogP contribution in [-0.2, 0) is 0 Å². The van der Waals surface area contributed by atoms with Crippen molar-refractivity contribution >= 4 is 15.9 Å². The molecule has 14 heavy (non-hydrogen) atoms. The van der Waals surface area contributed by atoms with Crippen LogP contribution in [0.3, 0.4) is 0 Å². The summed E-state index contributed by atoms with van der Waals surface area (Å²) in [6.45, 7) is 10.0. The van der Waals surface area contributed by atoms with Gasteiger partial charge in [-0.3, -0.25) is 0 Å². The Kier molecular flexibility index (Phi) is 12.1. The van der Waals surface area contributed by atoms with Gasteiger partial charge < -0.3 is 4.74 Å². The molecule has 0 aliphatic heterocycles. The van der Waals surface area contributed by atoms with Crippen molar-refractivity contribution in [2.45, 2.75) is 34.6 Å². The number of rotatable bonds is 1. The molecule has 0 aromatic heterocycles. The van der Waals surface area contributed by atoms with E-state index in [1.165, 1.54) is 5.56 Å². The van der Waals surface area contributed by atoms with Crippen molar-refractivity contribution < 1.29 is 4.74 Å². The Morgan fingerprint density at radius 2 is 1.57 bits per heavy atom. The first-order valence-corrected chi connectivity index (χ1v) is 5.83. The van der Waals surface area contributed by atoms with E-state index in [9.17, 15) is 0 Å². The molecule has 0 heterocycles. The fourth-order valence-electron chi connectivity index (χ4n) is 0.744. The van der Waals surface area contributed by atoms with E-state index in [4.69, 9.17) is 4.74 Å². The van der Waals surface area contributed by atoms with E-state index >= 15 is 0 Å². The van der Waals surface area contributed by atoms with Crippen molar-refractivity contribution in [1.82, 2.24) is 0 Å². The van der Waals surface area contributed by atoms with Crippen molar-refractivity contribution in [2.24, 2.45) is 0 Å². The summed E-state index contributed by atoms with van der Waals surface area (Å²) in [4.78, 5) is 0. The van der Waals surface area contributed by atoms with Gasteiger partial charge in [-0.25, -0.2) is 0 Å². The van der Waals surface area contributed by atoms with Gasteiger partial charge in [0.05, 0.1) is 7.11 Å². The molecule has 0 saturated carbocycles. The van der Waals surface area contributed by atoms with Crippen molar-refractivity contribution in [3.8, 4) is 5.75 Å². The number of halogens is 1. The zero-order valence-electron chi connectivity index (χ0n) is 10.0. The molecule has 0 bridgehead atoms. The lowest BCUT2D eigenvalue weighted by Crippen LogP contribution is -1.83. The molecular weight excluding hydrogens is 240 g/mol. The fraction of sp³-hybridized carbons (Fsp3) is 0.500. The molecule has 1 nitrogen and oxygen atoms in total. The maximum atomic E-state index is 5.03. The molecule has 0 unspecified atom stereocenters. The second-order valence-corrected chi connectivity index (χ2v) is 2.97. The quantitative estimate of drug-likeness (QED) is 0.704. The first kappa shape index (κ1) is 15.9. The van der Waals surface area contributed by atoms with E-state index in [0.717, 1.165) is 10.2 Å². The lowest BCUT2D eigenvalue weighted by molar-refractivity contribution is 0.414. The third-order valence-electron chi connectivity index (χ3n) is 1.37. The average Bonchev–Trinajstić information content (AvgIpc) is 2.28. The largest absolute Gasteiger partial charge is 0.497 e. The van der Waals surface area contributed by atoms with Crippen LogP contribution in [0.4, 0.5) is 0 Å². The number of hydrogen-bond acceptors (Lipinski definition) is 1. The summed E-state index contributed by atoms with van der Waals surface area (Å²) in [6.07, 6.45) is 0. The second-order valence-electron chi connectivity index (χ2n) is 2.12. The van der Waals surface area contributed by atoms with Crippen molar-refractivity contribution in [2.75, 3.05) is 7.11 Å². The standard InChI is InChI=1S/C8H9BrO.2C2H6/c1-6-5-7(10-2)3-4-8(6)9;2*1-2/h3-5H,1-2H3;2*1-2H3. The van der Waals surface area contributed by atoms with Crippen molar-refractivity contribution in [3.05, 3.63) is 28.2 Å². The molecule has 0 aliphatic rings. The molecule has 1 aromatic carbocycles. The van der Waals surface area contributed by atoms with Gasteiger partial charge in [0.15, 0.2) is 0 Å². The Morgan fingerprint density at radius 3 is 1.93 bits per heavy atom. The monoisotopic (exact) mass is 260 g/mol. The van der Waals surface area contributed by atoms with Crippen LogP contribution in [0.15, 0.2) is 22.7 Å². The SMILES string of the molecule is CC.CC.COc1ccc(Br)c(C)c1. The molecule has 2 heteroatoms. The minimum Gasteiger partial charge on any atom is -0.497 e. The Morgan fingerprint density at radius 1 is 1.07 bits per heavy atom. The third-order valence-corrected chi connectivity index (χ3v) is 2.25. The summed E-state index contributed by atoms with van der Waals surface area (Å²) in [6, 6.07) is 5.90. The van der Waals surface area contributed by atoms with Crippen LogP contribution in [0.25, 0.3) is 0 Å². The molecule has 0 amide bonds. The summed E-state index contributed by atoms with van der Waals surface area (Å²) in [5.41, 5.74) is 1.19. The highest BCUT2D eigenvalue weighted by Crippen LogP contribution is 2.20. The molecule has 82 valence electrons. The summed E-state index contributed by atoms with van der Waals surface area (Å²) < 4.78 is 6.15. The van der Waals surface area contributed by atoms with Gasteiger partial charge >= 0.3 is 0 Å². The van der Waals surface area contributed by atoms with Crippen LogP contribution in [-0.4, -0.2) is 7.11 Å². The van der Waals surface area contributed by atoms with E-state index in [-0.39, 0.29) is 0 Å². The summed E-state index contributed by atoms with van der Waals surface area (Å²) >= 11 is 3.40. The van der Waals surface area contributed by atoms with Gasteiger partial charge in [-0.2, -0.15) is 0 Å². The first-order chi connectivity index (χ1) is 6.74. The molecular formula is C12H21BrO. The topological polar surface area (TPSA) is 9.23 Å². The Hall–Kier alpha value is -0.500. The Balaban J connectivity index is 0. The zero-order chi connectivity index (χ0) is 11.6. The van der Waals surface area contributed by atoms with Crippen LogP contribution in [0.1, 0.15) is 33.3 Å². The van der Waals surface area contributed by atoms with Crippen molar-refractivity contribution in [3.63, 3.8) is 0 Å². The molecule has 0 saturated heterocycles. The molecule has 0 atom stereocenters. The van der Waals surface area contributed by atoms with Gasteiger partial charge in [-0.05, 0) is 30.7 Å². The van der Waals surface area contributed by atoms with E-state index < -0.39 is 0 Å². The predicted octanol–water partition coefficient (Wildman–Crippen LogP) is 4.82. The highest BCUT2D eigenvalue weighted by Gasteiger charge is 1.94. The molecule has 1 aromatic rings. The Bertz CT molecular complexity index is 234. The van der Waals surface area contributed by atoms with Crippen molar-refractivity contribution in [1.29, 1.82) is 0 Å². The minimum atomic E-state index is 0.903. The van der Waals surface area contributed by atoms with Gasteiger partial charge in [0.25, 0.3) is 0 Å². The predicted molar refractivity (Wildman–Crippen MR) is 68.1 cm³/mol. The van der Waals surface area contributed by atoms with Crippen LogP contribution in [0, 0.1) is 6.92 Å². The van der Waals surface area contributed by atoms with E-state index in [1.807, 2.05) is 52.8 Å². The highest BCUT2D eigenvalue weighted by atomic mass is 79.9. The normalized spacial score (nSPS) is 7.64. The molecule has 0 spiro atoms. The van der Waals surface area contributed by atoms with E-state index in [0.29, 0.717) is 0 Å².